The summed E-state index contributed by atoms with van der Waals surface area (Å²) in [4.78, 5) is 52.3. The van der Waals surface area contributed by atoms with Gasteiger partial charge in [0.25, 0.3) is 5.91 Å². The second kappa shape index (κ2) is 15.8. The first-order valence-corrected chi connectivity index (χ1v) is 17.5. The van der Waals surface area contributed by atoms with Crippen LogP contribution >= 0.6 is 7.37 Å². The van der Waals surface area contributed by atoms with Crippen molar-refractivity contribution in [3.63, 3.8) is 0 Å². The van der Waals surface area contributed by atoms with Crippen LogP contribution in [0.4, 0.5) is 5.69 Å². The Bertz CT molecular complexity index is 1450. The number of nitrogens with one attached hydrogen (secondary N) is 2. The van der Waals surface area contributed by atoms with Crippen molar-refractivity contribution in [2.24, 2.45) is 11.8 Å². The second-order valence-corrected chi connectivity index (χ2v) is 14.6. The van der Waals surface area contributed by atoms with Gasteiger partial charge in [0.2, 0.25) is 19.2 Å². The molecule has 2 unspecified atom stereocenters. The van der Waals surface area contributed by atoms with Crippen molar-refractivity contribution in [2.45, 2.75) is 58.5 Å². The van der Waals surface area contributed by atoms with Crippen molar-refractivity contribution in [3.05, 3.63) is 102 Å². The monoisotopic (exact) mass is 617 g/mol. The first-order chi connectivity index (χ1) is 21.1. The zero-order valence-electron chi connectivity index (χ0n) is 25.7. The van der Waals surface area contributed by atoms with Crippen molar-refractivity contribution in [1.82, 2.24) is 10.2 Å². The minimum Gasteiger partial charge on any atom is -0.344 e. The molecular weight excluding hydrogens is 573 g/mol. The van der Waals surface area contributed by atoms with E-state index in [1.807, 2.05) is 86.6 Å². The molecule has 0 aliphatic carbocycles. The number of anilines is 1. The number of rotatable bonds is 16. The van der Waals surface area contributed by atoms with E-state index in [1.165, 1.54) is 0 Å². The number of carbonyl (C=O) groups is 3. The summed E-state index contributed by atoms with van der Waals surface area (Å²) in [6.45, 7) is 5.04. The fourth-order valence-corrected chi connectivity index (χ4v) is 7.56. The Morgan fingerprint density at radius 2 is 1.57 bits per heavy atom. The summed E-state index contributed by atoms with van der Waals surface area (Å²) in [6.07, 6.45) is 2.37. The van der Waals surface area contributed by atoms with Gasteiger partial charge in [-0.25, -0.2) is 0 Å². The van der Waals surface area contributed by atoms with Gasteiger partial charge in [0.15, 0.2) is 0 Å². The number of hydrogen-bond acceptors (Lipinski definition) is 4. The van der Waals surface area contributed by atoms with Gasteiger partial charge >= 0.3 is 0 Å². The third-order valence-electron chi connectivity index (χ3n) is 7.96. The van der Waals surface area contributed by atoms with Crippen LogP contribution in [0.2, 0.25) is 0 Å². The highest BCUT2D eigenvalue weighted by Gasteiger charge is 2.32. The van der Waals surface area contributed by atoms with Crippen molar-refractivity contribution in [2.75, 3.05) is 24.2 Å². The predicted octanol–water partition coefficient (Wildman–Crippen LogP) is 6.11. The SMILES string of the molecule is CC(C)C[C@H](NC(=O)C(CCc1ccccc1)CP(=O)(O)CCCCN1Cc2ccccc2C1=O)C(=O)Nc1ccccc1. The Balaban J connectivity index is 1.37. The molecule has 9 heteroatoms. The molecular formula is C35H44N3O5P. The van der Waals surface area contributed by atoms with Crippen molar-refractivity contribution in [1.29, 1.82) is 0 Å². The molecule has 0 fully saturated rings. The number of para-hydroxylation sites is 1. The summed E-state index contributed by atoms with van der Waals surface area (Å²) in [7, 11) is -3.67. The van der Waals surface area contributed by atoms with Crippen molar-refractivity contribution < 1.29 is 23.8 Å². The van der Waals surface area contributed by atoms with Gasteiger partial charge in [0, 0.05) is 42.6 Å². The number of hydrogen-bond donors (Lipinski definition) is 3. The molecule has 0 saturated heterocycles. The van der Waals surface area contributed by atoms with Gasteiger partial charge in [-0.1, -0.05) is 80.6 Å². The van der Waals surface area contributed by atoms with Crippen LogP contribution in [0.5, 0.6) is 0 Å². The van der Waals surface area contributed by atoms with Crippen LogP contribution in [0.3, 0.4) is 0 Å². The smallest absolute Gasteiger partial charge is 0.254 e. The molecule has 44 heavy (non-hydrogen) atoms. The van der Waals surface area contributed by atoms with Gasteiger partial charge < -0.3 is 20.4 Å². The molecule has 234 valence electrons. The predicted molar refractivity (Wildman–Crippen MR) is 175 cm³/mol. The van der Waals surface area contributed by atoms with E-state index in [9.17, 15) is 23.8 Å². The zero-order chi connectivity index (χ0) is 31.5. The lowest BCUT2D eigenvalue weighted by Gasteiger charge is -2.25. The van der Waals surface area contributed by atoms with Crippen LogP contribution in [-0.2, 0) is 27.1 Å². The van der Waals surface area contributed by atoms with E-state index in [1.54, 1.807) is 17.0 Å². The Morgan fingerprint density at radius 1 is 0.909 bits per heavy atom. The molecule has 1 heterocycles. The lowest BCUT2D eigenvalue weighted by Crippen LogP contribution is -2.47. The minimum atomic E-state index is -3.67. The molecule has 3 amide bonds. The molecule has 0 bridgehead atoms. The summed E-state index contributed by atoms with van der Waals surface area (Å²) >= 11 is 0. The largest absolute Gasteiger partial charge is 0.344 e. The van der Waals surface area contributed by atoms with E-state index >= 15 is 0 Å². The van der Waals surface area contributed by atoms with Crippen LogP contribution in [0.25, 0.3) is 0 Å². The van der Waals surface area contributed by atoms with Crippen molar-refractivity contribution >= 4 is 30.8 Å². The number of fused-ring (bicyclic) bond motifs is 1. The lowest BCUT2D eigenvalue weighted by atomic mass is 9.98. The van der Waals surface area contributed by atoms with Crippen LogP contribution in [0.1, 0.15) is 61.0 Å². The number of unbranched alkanes of at least 4 members (excludes halogenated alkanes) is 1. The average molecular weight is 618 g/mol. The Hall–Kier alpha value is -3.74. The first-order valence-electron chi connectivity index (χ1n) is 15.5. The van der Waals surface area contributed by atoms with E-state index in [2.05, 4.69) is 10.6 Å². The highest BCUT2D eigenvalue weighted by atomic mass is 31.2. The fourth-order valence-electron chi connectivity index (χ4n) is 5.63. The number of aryl methyl sites for hydroxylation is 1. The van der Waals surface area contributed by atoms with Gasteiger partial charge in [-0.3, -0.25) is 18.9 Å². The average Bonchev–Trinajstić information content (AvgIpc) is 3.33. The molecule has 3 aromatic carbocycles. The maximum atomic E-state index is 13.7. The van der Waals surface area contributed by atoms with E-state index < -0.39 is 19.3 Å². The number of carbonyl (C=O) groups excluding carboxylic acids is 3. The van der Waals surface area contributed by atoms with E-state index in [0.717, 1.165) is 16.7 Å². The van der Waals surface area contributed by atoms with Crippen LogP contribution in [-0.4, -0.2) is 52.4 Å². The number of benzene rings is 3. The van der Waals surface area contributed by atoms with Gasteiger partial charge in [0.1, 0.15) is 6.04 Å². The van der Waals surface area contributed by atoms with Crippen molar-refractivity contribution in [3.8, 4) is 0 Å². The quantitative estimate of drug-likeness (QED) is 0.133. The molecule has 8 nitrogen and oxygen atoms in total. The molecule has 1 aliphatic heterocycles. The van der Waals surface area contributed by atoms with Crippen LogP contribution in [0, 0.1) is 11.8 Å². The van der Waals surface area contributed by atoms with Gasteiger partial charge in [-0.2, -0.15) is 0 Å². The van der Waals surface area contributed by atoms with Gasteiger partial charge in [-0.15, -0.1) is 0 Å². The summed E-state index contributed by atoms with van der Waals surface area (Å²) in [5.41, 5.74) is 3.40. The molecule has 0 saturated carbocycles. The molecule has 0 spiro atoms. The molecule has 0 radical (unpaired) electrons. The minimum absolute atomic E-state index is 0.00215. The maximum absolute atomic E-state index is 13.7. The van der Waals surface area contributed by atoms with E-state index in [4.69, 9.17) is 0 Å². The highest BCUT2D eigenvalue weighted by Crippen LogP contribution is 2.44. The van der Waals surface area contributed by atoms with Crippen LogP contribution < -0.4 is 10.6 Å². The fraction of sp³-hybridized carbons (Fsp3) is 0.400. The molecule has 3 atom stereocenters. The van der Waals surface area contributed by atoms with Gasteiger partial charge in [-0.05, 0) is 67.3 Å². The zero-order valence-corrected chi connectivity index (χ0v) is 26.5. The molecule has 4 rings (SSSR count). The summed E-state index contributed by atoms with van der Waals surface area (Å²) in [6, 6.07) is 25.6. The molecule has 1 aliphatic rings. The normalized spacial score (nSPS) is 15.4. The standard InChI is InChI=1S/C35H44N3O5P/c1-26(2)23-32(34(40)36-30-16-7-4-8-17-30)37-33(39)29(20-19-27-13-5-3-6-14-27)25-44(42,43)22-12-11-21-38-24-28-15-9-10-18-31(28)35(38)41/h3-10,13-18,26,29,32H,11-12,19-25H2,1-2H3,(H,36,40)(H,37,39)(H,42,43)/t29?,32-/m0/s1. The second-order valence-electron chi connectivity index (χ2n) is 12.1. The summed E-state index contributed by atoms with van der Waals surface area (Å²) in [5, 5.41) is 5.80. The van der Waals surface area contributed by atoms with Crippen LogP contribution in [0.15, 0.2) is 84.9 Å². The maximum Gasteiger partial charge on any atom is 0.254 e. The third kappa shape index (κ3) is 9.90. The van der Waals surface area contributed by atoms with E-state index in [0.29, 0.717) is 50.9 Å². The van der Waals surface area contributed by atoms with Gasteiger partial charge in [0.05, 0.1) is 0 Å². The number of nitrogens with zero attached hydrogens (tertiary/aromatic N) is 1. The molecule has 3 N–H and O–H groups in total. The molecule has 0 aromatic heterocycles. The Labute approximate surface area is 260 Å². The summed E-state index contributed by atoms with van der Waals surface area (Å²) < 4.78 is 13.4. The Morgan fingerprint density at radius 3 is 2.25 bits per heavy atom. The first kappa shape index (κ1) is 33.2. The number of amides is 3. The lowest BCUT2D eigenvalue weighted by molar-refractivity contribution is -0.129. The third-order valence-corrected chi connectivity index (χ3v) is 9.99. The topological polar surface area (TPSA) is 116 Å². The highest BCUT2D eigenvalue weighted by molar-refractivity contribution is 7.58. The Kier molecular flexibility index (Phi) is 11.9. The molecule has 3 aromatic rings. The summed E-state index contributed by atoms with van der Waals surface area (Å²) in [5.74, 6) is -1.29. The van der Waals surface area contributed by atoms with E-state index in [-0.39, 0.29) is 36.0 Å².